The molecule has 5 rings (SSSR count). The first kappa shape index (κ1) is 27.7. The van der Waals surface area contributed by atoms with Crippen molar-refractivity contribution in [3.05, 3.63) is 93.5 Å². The average Bonchev–Trinajstić information content (AvgIpc) is 2.99. The molecule has 1 aliphatic carbocycles. The number of rotatable bonds is 9. The number of methoxy groups -OCH3 is 2. The molecule has 1 aliphatic heterocycles. The quantitative estimate of drug-likeness (QED) is 0.247. The van der Waals surface area contributed by atoms with Crippen molar-refractivity contribution in [1.29, 1.82) is 0 Å². The van der Waals surface area contributed by atoms with Gasteiger partial charge in [0.05, 0.1) is 31.7 Å². The van der Waals surface area contributed by atoms with Gasteiger partial charge in [-0.2, -0.15) is 0 Å². The summed E-state index contributed by atoms with van der Waals surface area (Å²) in [5.41, 5.74) is 6.84. The summed E-state index contributed by atoms with van der Waals surface area (Å²) < 4.78 is 11.3. The number of hydrogen-bond acceptors (Lipinski definition) is 6. The molecule has 2 aliphatic rings. The van der Waals surface area contributed by atoms with Gasteiger partial charge in [-0.05, 0) is 66.8 Å². The number of nitrogens with one attached hydrogen (secondary N) is 1. The van der Waals surface area contributed by atoms with Gasteiger partial charge in [-0.15, -0.1) is 0 Å². The molecule has 1 saturated carbocycles. The number of ether oxygens (including phenoxy) is 2. The predicted octanol–water partition coefficient (Wildman–Crippen LogP) is 6.29. The molecule has 8 heteroatoms. The van der Waals surface area contributed by atoms with Crippen LogP contribution in [0.5, 0.6) is 11.5 Å². The molecule has 0 spiro atoms. The van der Waals surface area contributed by atoms with Crippen LogP contribution in [0, 0.1) is 0 Å². The minimum absolute atomic E-state index is 0.171. The Morgan fingerprint density at radius 3 is 2.55 bits per heavy atom. The number of aliphatic imine (C=N–C) groups is 1. The number of carbonyl (C=O) groups excluding carboxylic acids is 1. The summed E-state index contributed by atoms with van der Waals surface area (Å²) in [6.07, 6.45) is 4.61. The van der Waals surface area contributed by atoms with E-state index in [0.29, 0.717) is 28.9 Å². The zero-order valence-corrected chi connectivity index (χ0v) is 23.8. The van der Waals surface area contributed by atoms with Crippen molar-refractivity contribution in [3.63, 3.8) is 0 Å². The zero-order valence-electron chi connectivity index (χ0n) is 23.1. The highest BCUT2D eigenvalue weighted by atomic mass is 35.5. The van der Waals surface area contributed by atoms with E-state index in [4.69, 9.17) is 30.9 Å². The van der Waals surface area contributed by atoms with Crippen LogP contribution in [0.3, 0.4) is 0 Å². The molecule has 0 radical (unpaired) electrons. The van der Waals surface area contributed by atoms with Gasteiger partial charge in [0.2, 0.25) is 0 Å². The van der Waals surface area contributed by atoms with Crippen molar-refractivity contribution in [2.45, 2.75) is 51.1 Å². The fraction of sp³-hybridized carbons (Fsp3) is 0.344. The number of hydrogen-bond donors (Lipinski definition) is 1. The summed E-state index contributed by atoms with van der Waals surface area (Å²) in [6.45, 7) is 2.09. The second-order valence-electron chi connectivity index (χ2n) is 10.2. The van der Waals surface area contributed by atoms with Crippen molar-refractivity contribution in [2.75, 3.05) is 20.8 Å². The number of amides is 1. The highest BCUT2D eigenvalue weighted by molar-refractivity contribution is 6.30. The van der Waals surface area contributed by atoms with Crippen LogP contribution < -0.4 is 14.8 Å². The number of nitrogens with zero attached hydrogens (tertiary/aromatic N) is 2. The van der Waals surface area contributed by atoms with Gasteiger partial charge in [-0.25, -0.2) is 0 Å². The van der Waals surface area contributed by atoms with Gasteiger partial charge in [0.1, 0.15) is 0 Å². The Kier molecular flexibility index (Phi) is 8.70. The monoisotopic (exact) mass is 559 g/mol. The molecule has 3 aromatic carbocycles. The lowest BCUT2D eigenvalue weighted by molar-refractivity contribution is -0.125. The third kappa shape index (κ3) is 6.15. The van der Waals surface area contributed by atoms with E-state index in [1.54, 1.807) is 26.4 Å². The van der Waals surface area contributed by atoms with E-state index >= 15 is 0 Å². The van der Waals surface area contributed by atoms with Crippen LogP contribution in [0.2, 0.25) is 5.02 Å². The topological polar surface area (TPSA) is 81.5 Å². The first-order valence-corrected chi connectivity index (χ1v) is 14.0. The van der Waals surface area contributed by atoms with E-state index in [1.165, 1.54) is 18.4 Å². The van der Waals surface area contributed by atoms with Crippen LogP contribution in [0.4, 0.5) is 0 Å². The third-order valence-corrected chi connectivity index (χ3v) is 7.84. The Morgan fingerprint density at radius 2 is 1.77 bits per heavy atom. The lowest BCUT2D eigenvalue weighted by atomic mass is 9.75. The molecular weight excluding hydrogens is 526 g/mol. The van der Waals surface area contributed by atoms with E-state index < -0.39 is 0 Å². The zero-order chi connectivity index (χ0) is 28.1. The molecule has 208 valence electrons. The smallest absolute Gasteiger partial charge is 0.261 e. The van der Waals surface area contributed by atoms with Crippen LogP contribution in [-0.4, -0.2) is 44.2 Å². The van der Waals surface area contributed by atoms with E-state index in [9.17, 15) is 4.79 Å². The number of fused-ring (bicyclic) bond motifs is 3. The summed E-state index contributed by atoms with van der Waals surface area (Å²) in [5, 5.41) is 7.69. The third-order valence-electron chi connectivity index (χ3n) is 7.59. The van der Waals surface area contributed by atoms with Crippen LogP contribution in [0.25, 0.3) is 0 Å². The van der Waals surface area contributed by atoms with Gasteiger partial charge >= 0.3 is 0 Å². The highest BCUT2D eigenvalue weighted by Gasteiger charge is 2.34. The van der Waals surface area contributed by atoms with Crippen molar-refractivity contribution in [2.24, 2.45) is 10.1 Å². The van der Waals surface area contributed by atoms with Crippen molar-refractivity contribution < 1.29 is 19.1 Å². The summed E-state index contributed by atoms with van der Waals surface area (Å²) in [5.74, 6) is 1.58. The first-order chi connectivity index (χ1) is 19.5. The molecule has 7 nitrogen and oxygen atoms in total. The van der Waals surface area contributed by atoms with E-state index in [-0.39, 0.29) is 18.6 Å². The number of oxime groups is 1. The SMILES string of the molecule is COc1cc2c(cc1OC)[C@H]1CCCC[C@H]1N=C2c1cccc(/C(C)=N\OCC(=O)NCc2ccc(Cl)cc2)c1. The van der Waals surface area contributed by atoms with Crippen LogP contribution >= 0.6 is 11.6 Å². The van der Waals surface area contributed by atoms with Gasteiger partial charge in [-0.1, -0.05) is 59.9 Å². The van der Waals surface area contributed by atoms with Crippen molar-refractivity contribution in [3.8, 4) is 11.5 Å². The normalized spacial score (nSPS) is 18.2. The molecule has 3 aromatic rings. The fourth-order valence-corrected chi connectivity index (χ4v) is 5.61. The largest absolute Gasteiger partial charge is 0.493 e. The molecular formula is C32H34ClN3O4. The van der Waals surface area contributed by atoms with Crippen molar-refractivity contribution >= 4 is 28.9 Å². The molecule has 40 heavy (non-hydrogen) atoms. The van der Waals surface area contributed by atoms with E-state index in [2.05, 4.69) is 34.7 Å². The van der Waals surface area contributed by atoms with Gasteiger partial charge < -0.3 is 19.6 Å². The molecule has 1 N–H and O–H groups in total. The summed E-state index contributed by atoms with van der Waals surface area (Å²) in [4.78, 5) is 22.9. The first-order valence-electron chi connectivity index (χ1n) is 13.6. The lowest BCUT2D eigenvalue weighted by Gasteiger charge is -2.35. The Morgan fingerprint density at radius 1 is 1.02 bits per heavy atom. The standard InChI is InChI=1S/C32H34ClN3O4/c1-20(36-40-19-31(37)34-18-21-11-13-24(33)14-12-21)22-7-6-8-23(15-22)32-27-17-30(39-3)29(38-2)16-26(27)25-9-4-5-10-28(25)35-32/h6-8,11-17,25,28H,4-5,9-10,18-19H2,1-3H3,(H,34,37)/b36-20-/t25-,28-/m1/s1. The molecule has 0 unspecified atom stereocenters. The van der Waals surface area contributed by atoms with Gasteiger partial charge in [-0.3, -0.25) is 9.79 Å². The molecule has 0 saturated heterocycles. The number of benzene rings is 3. The highest BCUT2D eigenvalue weighted by Crippen LogP contribution is 2.44. The molecule has 1 fully saturated rings. The average molecular weight is 560 g/mol. The fourth-order valence-electron chi connectivity index (χ4n) is 5.49. The second kappa shape index (κ2) is 12.6. The van der Waals surface area contributed by atoms with Gasteiger partial charge in [0.25, 0.3) is 5.91 Å². The molecule has 1 heterocycles. The predicted molar refractivity (Wildman–Crippen MR) is 158 cm³/mol. The van der Waals surface area contributed by atoms with Crippen LogP contribution in [0.15, 0.2) is 70.8 Å². The lowest BCUT2D eigenvalue weighted by Crippen LogP contribution is -2.29. The molecule has 0 bridgehead atoms. The Bertz CT molecular complexity index is 1430. The minimum Gasteiger partial charge on any atom is -0.493 e. The van der Waals surface area contributed by atoms with E-state index in [0.717, 1.165) is 46.6 Å². The Hall–Kier alpha value is -3.84. The number of halogens is 1. The van der Waals surface area contributed by atoms with E-state index in [1.807, 2.05) is 31.2 Å². The summed E-state index contributed by atoms with van der Waals surface area (Å²) in [7, 11) is 3.34. The van der Waals surface area contributed by atoms with Crippen molar-refractivity contribution in [1.82, 2.24) is 5.32 Å². The number of carbonyl (C=O) groups is 1. The van der Waals surface area contributed by atoms with Crippen LogP contribution in [-0.2, 0) is 16.2 Å². The maximum Gasteiger partial charge on any atom is 0.261 e. The molecule has 0 aromatic heterocycles. The second-order valence-corrected chi connectivity index (χ2v) is 10.6. The maximum absolute atomic E-state index is 12.2. The summed E-state index contributed by atoms with van der Waals surface area (Å²) >= 11 is 5.91. The molecule has 2 atom stereocenters. The van der Waals surface area contributed by atoms with Crippen LogP contribution in [0.1, 0.15) is 66.3 Å². The van der Waals surface area contributed by atoms with Gasteiger partial charge in [0.15, 0.2) is 18.1 Å². The van der Waals surface area contributed by atoms with Gasteiger partial charge in [0, 0.05) is 28.6 Å². The Balaban J connectivity index is 1.32. The molecule has 1 amide bonds. The minimum atomic E-state index is -0.250. The maximum atomic E-state index is 12.2. The summed E-state index contributed by atoms with van der Waals surface area (Å²) in [6, 6.07) is 19.9. The Labute approximate surface area is 240 Å².